The van der Waals surface area contributed by atoms with E-state index in [9.17, 15) is 13.2 Å². The van der Waals surface area contributed by atoms with Crippen molar-refractivity contribution in [3.63, 3.8) is 0 Å². The maximum Gasteiger partial charge on any atom is 0.417 e. The zero-order valence-corrected chi connectivity index (χ0v) is 10.7. The molecule has 0 aliphatic rings. The van der Waals surface area contributed by atoms with E-state index >= 15 is 0 Å². The van der Waals surface area contributed by atoms with Crippen LogP contribution >= 0.6 is 23.2 Å². The fraction of sp³-hybridized carbons (Fsp3) is 0.500. The Hall–Kier alpha value is -0.680. The van der Waals surface area contributed by atoms with Gasteiger partial charge in [0, 0.05) is 25.2 Å². The van der Waals surface area contributed by atoms with Crippen molar-refractivity contribution in [2.24, 2.45) is 0 Å². The highest BCUT2D eigenvalue weighted by atomic mass is 35.5. The fourth-order valence-electron chi connectivity index (χ4n) is 1.16. The Kier molecular flexibility index (Phi) is 4.49. The van der Waals surface area contributed by atoms with Crippen LogP contribution in [0.2, 0.25) is 5.02 Å². The predicted octanol–water partition coefficient (Wildman–Crippen LogP) is 3.82. The molecule has 0 aliphatic carbocycles. The summed E-state index contributed by atoms with van der Waals surface area (Å²) in [5.41, 5.74) is -0.863. The second-order valence-corrected chi connectivity index (χ2v) is 4.36. The molecule has 0 N–H and O–H groups in total. The first kappa shape index (κ1) is 14.4. The number of alkyl halides is 4. The molecule has 1 rings (SSSR count). The number of aromatic nitrogens is 1. The smallest absolute Gasteiger partial charge is 0.355 e. The Bertz CT molecular complexity index is 396. The van der Waals surface area contributed by atoms with E-state index in [4.69, 9.17) is 23.2 Å². The molecule has 7 heteroatoms. The third-order valence-corrected chi connectivity index (χ3v) is 3.09. The van der Waals surface area contributed by atoms with Gasteiger partial charge < -0.3 is 4.90 Å². The first-order chi connectivity index (χ1) is 7.77. The Morgan fingerprint density at radius 1 is 1.47 bits per heavy atom. The normalized spacial score (nSPS) is 13.6. The van der Waals surface area contributed by atoms with Gasteiger partial charge in [-0.3, -0.25) is 0 Å². The minimum atomic E-state index is -4.44. The molecular weight excluding hydrogens is 276 g/mol. The fourth-order valence-corrected chi connectivity index (χ4v) is 1.66. The van der Waals surface area contributed by atoms with Crippen LogP contribution < -0.4 is 4.90 Å². The minimum absolute atomic E-state index is 0.0423. The molecule has 1 aromatic heterocycles. The van der Waals surface area contributed by atoms with Gasteiger partial charge in [0.15, 0.2) is 0 Å². The summed E-state index contributed by atoms with van der Waals surface area (Å²) in [6.07, 6.45) is -3.68. The van der Waals surface area contributed by atoms with Crippen LogP contribution in [0.5, 0.6) is 0 Å². The topological polar surface area (TPSA) is 16.1 Å². The molecule has 0 aromatic carbocycles. The highest BCUT2D eigenvalue weighted by Gasteiger charge is 2.32. The molecular formula is C10H11Cl2F3N2. The van der Waals surface area contributed by atoms with Crippen molar-refractivity contribution < 1.29 is 13.2 Å². The third-order valence-electron chi connectivity index (χ3n) is 2.37. The maximum absolute atomic E-state index is 12.4. The molecule has 1 heterocycles. The van der Waals surface area contributed by atoms with Gasteiger partial charge in [-0.1, -0.05) is 11.6 Å². The third kappa shape index (κ3) is 3.39. The predicted molar refractivity (Wildman–Crippen MR) is 62.8 cm³/mol. The molecule has 96 valence electrons. The van der Waals surface area contributed by atoms with Crippen molar-refractivity contribution >= 4 is 29.0 Å². The van der Waals surface area contributed by atoms with Gasteiger partial charge in [0.1, 0.15) is 5.82 Å². The second kappa shape index (κ2) is 5.31. The van der Waals surface area contributed by atoms with Crippen molar-refractivity contribution in [2.45, 2.75) is 19.1 Å². The first-order valence-electron chi connectivity index (χ1n) is 4.79. The highest BCUT2D eigenvalue weighted by molar-refractivity contribution is 6.33. The number of hydrogen-bond acceptors (Lipinski definition) is 2. The Balaban J connectivity index is 3.06. The molecule has 0 amide bonds. The number of rotatable bonds is 3. The van der Waals surface area contributed by atoms with E-state index < -0.39 is 11.7 Å². The lowest BCUT2D eigenvalue weighted by Crippen LogP contribution is -2.31. The van der Waals surface area contributed by atoms with Crippen molar-refractivity contribution in [1.29, 1.82) is 0 Å². The highest BCUT2D eigenvalue weighted by Crippen LogP contribution is 2.33. The van der Waals surface area contributed by atoms with Crippen LogP contribution in [0.3, 0.4) is 0 Å². The van der Waals surface area contributed by atoms with E-state index in [1.807, 2.05) is 6.92 Å². The molecule has 1 atom stereocenters. The molecule has 0 aliphatic heterocycles. The Labute approximate surface area is 107 Å². The zero-order chi connectivity index (χ0) is 13.2. The van der Waals surface area contributed by atoms with Crippen LogP contribution in [0.15, 0.2) is 12.3 Å². The molecule has 0 spiro atoms. The van der Waals surface area contributed by atoms with E-state index in [-0.39, 0.29) is 16.9 Å². The molecule has 0 radical (unpaired) electrons. The van der Waals surface area contributed by atoms with E-state index in [1.54, 1.807) is 11.9 Å². The summed E-state index contributed by atoms with van der Waals surface area (Å²) >= 11 is 11.4. The minimum Gasteiger partial charge on any atom is -0.355 e. The number of anilines is 1. The van der Waals surface area contributed by atoms with E-state index in [0.717, 1.165) is 12.3 Å². The summed E-state index contributed by atoms with van der Waals surface area (Å²) in [5, 5.41) is -0.0423. The van der Waals surface area contributed by atoms with Crippen LogP contribution in [0.1, 0.15) is 12.5 Å². The lowest BCUT2D eigenvalue weighted by atomic mass is 10.2. The largest absolute Gasteiger partial charge is 0.417 e. The van der Waals surface area contributed by atoms with Crippen LogP contribution in [0, 0.1) is 0 Å². The summed E-state index contributed by atoms with van der Waals surface area (Å²) in [5.74, 6) is 0.614. The second-order valence-electron chi connectivity index (χ2n) is 3.64. The molecule has 0 saturated carbocycles. The van der Waals surface area contributed by atoms with Crippen molar-refractivity contribution in [3.05, 3.63) is 22.8 Å². The molecule has 0 bridgehead atoms. The summed E-state index contributed by atoms with van der Waals surface area (Å²) in [4.78, 5) is 5.36. The molecule has 17 heavy (non-hydrogen) atoms. The van der Waals surface area contributed by atoms with Gasteiger partial charge in [0.25, 0.3) is 0 Å². The van der Waals surface area contributed by atoms with Crippen molar-refractivity contribution in [1.82, 2.24) is 4.98 Å². The number of nitrogens with zero attached hydrogens (tertiary/aromatic N) is 2. The first-order valence-corrected chi connectivity index (χ1v) is 5.70. The SMILES string of the molecule is CC(CCl)N(C)c1ncc(C(F)(F)F)cc1Cl. The van der Waals surface area contributed by atoms with Gasteiger partial charge in [-0.15, -0.1) is 11.6 Å². The van der Waals surface area contributed by atoms with Gasteiger partial charge in [-0.25, -0.2) is 4.98 Å². The Morgan fingerprint density at radius 3 is 2.47 bits per heavy atom. The molecule has 0 saturated heterocycles. The average Bonchev–Trinajstić information content (AvgIpc) is 2.25. The van der Waals surface area contributed by atoms with Crippen LogP contribution in [-0.2, 0) is 6.18 Å². The number of pyridine rings is 1. The van der Waals surface area contributed by atoms with Gasteiger partial charge in [0.2, 0.25) is 0 Å². The summed E-state index contributed by atoms with van der Waals surface area (Å²) < 4.78 is 37.2. The van der Waals surface area contributed by atoms with Gasteiger partial charge in [-0.05, 0) is 13.0 Å². The quantitative estimate of drug-likeness (QED) is 0.786. The summed E-state index contributed by atoms with van der Waals surface area (Å²) in [6, 6.07) is 0.792. The zero-order valence-electron chi connectivity index (χ0n) is 9.22. The average molecular weight is 287 g/mol. The molecule has 2 nitrogen and oxygen atoms in total. The lowest BCUT2D eigenvalue weighted by Gasteiger charge is -2.25. The number of halogens is 5. The summed E-state index contributed by atoms with van der Waals surface area (Å²) in [7, 11) is 1.68. The lowest BCUT2D eigenvalue weighted by molar-refractivity contribution is -0.137. The standard InChI is InChI=1S/C10H11Cl2F3N2/c1-6(4-11)17(2)9-8(12)3-7(5-16-9)10(13,14)15/h3,5-6H,4H2,1-2H3. The molecule has 1 unspecified atom stereocenters. The van der Waals surface area contributed by atoms with Crippen molar-refractivity contribution in [2.75, 3.05) is 17.8 Å². The number of hydrogen-bond donors (Lipinski definition) is 0. The van der Waals surface area contributed by atoms with Gasteiger partial charge >= 0.3 is 6.18 Å². The monoisotopic (exact) mass is 286 g/mol. The van der Waals surface area contributed by atoms with Crippen molar-refractivity contribution in [3.8, 4) is 0 Å². The van der Waals surface area contributed by atoms with Gasteiger partial charge in [-0.2, -0.15) is 13.2 Å². The van der Waals surface area contributed by atoms with E-state index in [0.29, 0.717) is 5.88 Å². The molecule has 1 aromatic rings. The van der Waals surface area contributed by atoms with Crippen LogP contribution in [0.4, 0.5) is 19.0 Å². The van der Waals surface area contributed by atoms with E-state index in [2.05, 4.69) is 4.98 Å². The van der Waals surface area contributed by atoms with E-state index in [1.165, 1.54) is 0 Å². The maximum atomic E-state index is 12.4. The van der Waals surface area contributed by atoms with Crippen LogP contribution in [-0.4, -0.2) is 24.0 Å². The summed E-state index contributed by atoms with van der Waals surface area (Å²) in [6.45, 7) is 1.82. The molecule has 0 fully saturated rings. The Morgan fingerprint density at radius 2 is 2.06 bits per heavy atom. The van der Waals surface area contributed by atoms with Gasteiger partial charge in [0.05, 0.1) is 10.6 Å². The van der Waals surface area contributed by atoms with Crippen LogP contribution in [0.25, 0.3) is 0 Å².